The molecule has 1 atom stereocenters. The Kier molecular flexibility index (Phi) is 5.11. The second-order valence-electron chi connectivity index (χ2n) is 6.42. The Hall–Kier alpha value is -3.02. The lowest BCUT2D eigenvalue weighted by Crippen LogP contribution is -2.50. The number of benzene rings is 2. The highest BCUT2D eigenvalue weighted by Gasteiger charge is 2.30. The Morgan fingerprint density at radius 1 is 1.15 bits per heavy atom. The van der Waals surface area contributed by atoms with Crippen molar-refractivity contribution in [2.24, 2.45) is 0 Å². The number of aryl methyl sites for hydroxylation is 2. The molecule has 2 N–H and O–H groups in total. The van der Waals surface area contributed by atoms with E-state index in [1.165, 1.54) is 5.56 Å². The Balaban J connectivity index is 1.75. The lowest BCUT2D eigenvalue weighted by Gasteiger charge is -2.35. The van der Waals surface area contributed by atoms with E-state index in [9.17, 15) is 9.59 Å². The molecule has 1 heterocycles. The van der Waals surface area contributed by atoms with E-state index in [1.54, 1.807) is 13.1 Å². The molecule has 3 rings (SSSR count). The normalized spacial score (nSPS) is 15.7. The van der Waals surface area contributed by atoms with Crippen LogP contribution in [0.2, 0.25) is 0 Å². The maximum absolute atomic E-state index is 12.5. The number of rotatable bonds is 4. The molecule has 1 aliphatic rings. The average Bonchev–Trinajstić information content (AvgIpc) is 2.64. The zero-order valence-corrected chi connectivity index (χ0v) is 15.2. The highest BCUT2D eigenvalue weighted by Crippen LogP contribution is 2.33. The number of anilines is 2. The third-order valence-corrected chi connectivity index (χ3v) is 4.53. The van der Waals surface area contributed by atoms with Crippen LogP contribution in [0.4, 0.5) is 11.4 Å². The fraction of sp³-hybridized carbons (Fsp3) is 0.300. The summed E-state index contributed by atoms with van der Waals surface area (Å²) in [6, 6.07) is 13.2. The zero-order valence-electron chi connectivity index (χ0n) is 15.2. The van der Waals surface area contributed by atoms with E-state index in [4.69, 9.17) is 4.74 Å². The molecule has 2 aromatic rings. The van der Waals surface area contributed by atoms with E-state index in [0.717, 1.165) is 16.9 Å². The summed E-state index contributed by atoms with van der Waals surface area (Å²) in [5.74, 6) is 0.256. The van der Waals surface area contributed by atoms with E-state index in [-0.39, 0.29) is 18.4 Å². The minimum Gasteiger partial charge on any atom is -0.477 e. The van der Waals surface area contributed by atoms with Gasteiger partial charge in [-0.25, -0.2) is 0 Å². The van der Waals surface area contributed by atoms with E-state index in [1.807, 2.05) is 55.1 Å². The summed E-state index contributed by atoms with van der Waals surface area (Å²) in [6.07, 6.45) is -0.649. The quantitative estimate of drug-likeness (QED) is 0.885. The number of hydrogen-bond acceptors (Lipinski definition) is 4. The van der Waals surface area contributed by atoms with Crippen LogP contribution < -0.4 is 20.3 Å². The number of hydrogen-bond donors (Lipinski definition) is 2. The molecule has 2 amide bonds. The van der Waals surface area contributed by atoms with Crippen LogP contribution in [0.3, 0.4) is 0 Å². The van der Waals surface area contributed by atoms with Crippen molar-refractivity contribution in [2.45, 2.75) is 20.0 Å². The first-order chi connectivity index (χ1) is 12.5. The van der Waals surface area contributed by atoms with Gasteiger partial charge in [0.15, 0.2) is 6.10 Å². The number of nitrogens with one attached hydrogen (secondary N) is 2. The maximum Gasteiger partial charge on any atom is 0.262 e. The molecule has 0 fully saturated rings. The molecule has 6 heteroatoms. The van der Waals surface area contributed by atoms with Gasteiger partial charge in [-0.3, -0.25) is 9.59 Å². The Morgan fingerprint density at radius 2 is 1.92 bits per heavy atom. The van der Waals surface area contributed by atoms with Crippen LogP contribution in [0.25, 0.3) is 0 Å². The van der Waals surface area contributed by atoms with Crippen molar-refractivity contribution >= 4 is 23.2 Å². The highest BCUT2D eigenvalue weighted by atomic mass is 16.5. The number of amides is 2. The average molecular weight is 353 g/mol. The topological polar surface area (TPSA) is 70.7 Å². The Morgan fingerprint density at radius 3 is 2.65 bits per heavy atom. The third kappa shape index (κ3) is 3.79. The molecule has 0 saturated heterocycles. The summed E-state index contributed by atoms with van der Waals surface area (Å²) >= 11 is 0. The van der Waals surface area contributed by atoms with Crippen LogP contribution in [-0.4, -0.2) is 38.1 Å². The fourth-order valence-electron chi connectivity index (χ4n) is 2.95. The first kappa shape index (κ1) is 17.8. The van der Waals surface area contributed by atoms with Crippen LogP contribution >= 0.6 is 0 Å². The van der Waals surface area contributed by atoms with E-state index < -0.39 is 6.10 Å². The van der Waals surface area contributed by atoms with Crippen LogP contribution in [-0.2, 0) is 9.59 Å². The van der Waals surface area contributed by atoms with Gasteiger partial charge in [0.05, 0.1) is 18.8 Å². The van der Waals surface area contributed by atoms with Crippen molar-refractivity contribution in [3.05, 3.63) is 53.6 Å². The molecule has 0 spiro atoms. The second kappa shape index (κ2) is 7.47. The smallest absolute Gasteiger partial charge is 0.262 e. The van der Waals surface area contributed by atoms with Crippen molar-refractivity contribution in [1.29, 1.82) is 0 Å². The van der Waals surface area contributed by atoms with Gasteiger partial charge in [0, 0.05) is 12.7 Å². The van der Waals surface area contributed by atoms with Gasteiger partial charge in [-0.05, 0) is 49.2 Å². The van der Waals surface area contributed by atoms with Crippen molar-refractivity contribution in [3.63, 3.8) is 0 Å². The summed E-state index contributed by atoms with van der Waals surface area (Å²) in [5, 5.41) is 5.52. The number of likely N-dealkylation sites (N-methyl/N-ethyl adjacent to an activating group) is 1. The maximum atomic E-state index is 12.5. The fourth-order valence-corrected chi connectivity index (χ4v) is 2.95. The number of fused-ring (bicyclic) bond motifs is 1. The molecule has 2 aromatic carbocycles. The van der Waals surface area contributed by atoms with E-state index >= 15 is 0 Å². The number of carbonyl (C=O) groups excluding carboxylic acids is 2. The number of para-hydroxylation sites is 2. The summed E-state index contributed by atoms with van der Waals surface area (Å²) < 4.78 is 5.76. The molecule has 26 heavy (non-hydrogen) atoms. The van der Waals surface area contributed by atoms with Crippen molar-refractivity contribution in [2.75, 3.05) is 30.4 Å². The van der Waals surface area contributed by atoms with Gasteiger partial charge in [-0.1, -0.05) is 18.2 Å². The molecule has 0 aliphatic carbocycles. The van der Waals surface area contributed by atoms with E-state index in [0.29, 0.717) is 12.3 Å². The van der Waals surface area contributed by atoms with Crippen molar-refractivity contribution in [1.82, 2.24) is 5.32 Å². The molecule has 0 bridgehead atoms. The third-order valence-electron chi connectivity index (χ3n) is 4.53. The molecule has 136 valence electrons. The standard InChI is InChI=1S/C20H23N3O3/c1-13-8-9-15(10-14(13)2)22-19(24)12-23-11-18(20(25)21-3)26-17-7-5-4-6-16(17)23/h4-10,18H,11-12H2,1-3H3,(H,21,25)(H,22,24). The minimum absolute atomic E-state index is 0.138. The summed E-state index contributed by atoms with van der Waals surface area (Å²) in [4.78, 5) is 26.4. The largest absolute Gasteiger partial charge is 0.477 e. The van der Waals surface area contributed by atoms with Gasteiger partial charge in [-0.2, -0.15) is 0 Å². The molecular formula is C20H23N3O3. The Labute approximate surface area is 153 Å². The lowest BCUT2D eigenvalue weighted by molar-refractivity contribution is -0.127. The summed E-state index contributed by atoms with van der Waals surface area (Å²) in [5.41, 5.74) is 3.88. The van der Waals surface area contributed by atoms with E-state index in [2.05, 4.69) is 10.6 Å². The monoisotopic (exact) mass is 353 g/mol. The molecular weight excluding hydrogens is 330 g/mol. The predicted molar refractivity (Wildman–Crippen MR) is 102 cm³/mol. The Bertz CT molecular complexity index is 835. The number of carbonyl (C=O) groups is 2. The SMILES string of the molecule is CNC(=O)C1CN(CC(=O)Nc2ccc(C)c(C)c2)c2ccccc2O1. The predicted octanol–water partition coefficient (Wildman–Crippen LogP) is 2.26. The van der Waals surface area contributed by atoms with Gasteiger partial charge in [0.1, 0.15) is 5.75 Å². The first-order valence-corrected chi connectivity index (χ1v) is 8.57. The molecule has 0 saturated carbocycles. The highest BCUT2D eigenvalue weighted by molar-refractivity contribution is 5.95. The number of nitrogens with zero attached hydrogens (tertiary/aromatic N) is 1. The van der Waals surface area contributed by atoms with Crippen LogP contribution in [0, 0.1) is 13.8 Å². The molecule has 0 aromatic heterocycles. The molecule has 0 radical (unpaired) electrons. The van der Waals surface area contributed by atoms with Gasteiger partial charge < -0.3 is 20.3 Å². The summed E-state index contributed by atoms with van der Waals surface area (Å²) in [7, 11) is 1.57. The van der Waals surface area contributed by atoms with Crippen LogP contribution in [0.15, 0.2) is 42.5 Å². The zero-order chi connectivity index (χ0) is 18.7. The summed E-state index contributed by atoms with van der Waals surface area (Å²) in [6.45, 7) is 4.50. The molecule has 6 nitrogen and oxygen atoms in total. The van der Waals surface area contributed by atoms with Crippen LogP contribution in [0.1, 0.15) is 11.1 Å². The number of ether oxygens (including phenoxy) is 1. The molecule has 1 aliphatic heterocycles. The van der Waals surface area contributed by atoms with Crippen molar-refractivity contribution in [3.8, 4) is 5.75 Å². The molecule has 1 unspecified atom stereocenters. The first-order valence-electron chi connectivity index (χ1n) is 8.57. The lowest BCUT2D eigenvalue weighted by atomic mass is 10.1. The van der Waals surface area contributed by atoms with Gasteiger partial charge >= 0.3 is 0 Å². The van der Waals surface area contributed by atoms with Gasteiger partial charge in [-0.15, -0.1) is 0 Å². The van der Waals surface area contributed by atoms with Gasteiger partial charge in [0.2, 0.25) is 5.91 Å². The van der Waals surface area contributed by atoms with Crippen LogP contribution in [0.5, 0.6) is 5.75 Å². The minimum atomic E-state index is -0.649. The van der Waals surface area contributed by atoms with Crippen molar-refractivity contribution < 1.29 is 14.3 Å². The second-order valence-corrected chi connectivity index (χ2v) is 6.42. The van der Waals surface area contributed by atoms with Gasteiger partial charge in [0.25, 0.3) is 5.91 Å².